The van der Waals surface area contributed by atoms with Crippen LogP contribution in [0.2, 0.25) is 0 Å². The van der Waals surface area contributed by atoms with E-state index >= 15 is 0 Å². The van der Waals surface area contributed by atoms with Crippen molar-refractivity contribution in [3.8, 4) is 5.75 Å². The van der Waals surface area contributed by atoms with Crippen LogP contribution in [0.15, 0.2) is 36.5 Å². The molecule has 1 aromatic heterocycles. The molecule has 5 heteroatoms. The van der Waals surface area contributed by atoms with E-state index in [0.717, 1.165) is 17.3 Å². The van der Waals surface area contributed by atoms with Gasteiger partial charge in [-0.25, -0.2) is 4.98 Å². The van der Waals surface area contributed by atoms with Gasteiger partial charge < -0.3 is 15.4 Å². The summed E-state index contributed by atoms with van der Waals surface area (Å²) < 4.78 is 5.63. The van der Waals surface area contributed by atoms with Gasteiger partial charge >= 0.3 is 0 Å². The molecule has 1 aromatic carbocycles. The summed E-state index contributed by atoms with van der Waals surface area (Å²) in [6.07, 6.45) is 4.36. The summed E-state index contributed by atoms with van der Waals surface area (Å²) in [4.78, 5) is 8.68. The summed E-state index contributed by atoms with van der Waals surface area (Å²) in [7, 11) is 0. The van der Waals surface area contributed by atoms with Crippen molar-refractivity contribution in [1.29, 1.82) is 0 Å². The van der Waals surface area contributed by atoms with Crippen molar-refractivity contribution in [3.63, 3.8) is 0 Å². The van der Waals surface area contributed by atoms with Crippen LogP contribution in [0.4, 0.5) is 17.5 Å². The molecule has 2 N–H and O–H groups in total. The summed E-state index contributed by atoms with van der Waals surface area (Å²) in [6, 6.07) is 10.3. The number of ether oxygens (including phenoxy) is 1. The summed E-state index contributed by atoms with van der Waals surface area (Å²) in [5, 5.41) is 6.56. The molecule has 0 amide bonds. The molecule has 3 rings (SSSR count). The molecule has 0 spiro atoms. The highest BCUT2D eigenvalue weighted by molar-refractivity contribution is 5.57. The van der Waals surface area contributed by atoms with Crippen molar-refractivity contribution in [1.82, 2.24) is 9.97 Å². The van der Waals surface area contributed by atoms with Crippen molar-refractivity contribution < 1.29 is 4.74 Å². The smallest absolute Gasteiger partial charge is 0.224 e. The van der Waals surface area contributed by atoms with Crippen LogP contribution in [0.1, 0.15) is 26.7 Å². The maximum atomic E-state index is 5.63. The van der Waals surface area contributed by atoms with Crippen LogP contribution in [-0.4, -0.2) is 22.1 Å². The molecular formula is C16H20N4O. The molecule has 21 heavy (non-hydrogen) atoms. The van der Waals surface area contributed by atoms with Crippen molar-refractivity contribution >= 4 is 17.5 Å². The second kappa shape index (κ2) is 5.99. The minimum Gasteiger partial charge on any atom is -0.491 e. The normalized spacial score (nSPS) is 14.0. The van der Waals surface area contributed by atoms with E-state index in [9.17, 15) is 0 Å². The lowest BCUT2D eigenvalue weighted by molar-refractivity contribution is 0.242. The molecule has 5 nitrogen and oxygen atoms in total. The summed E-state index contributed by atoms with van der Waals surface area (Å²) in [5.41, 5.74) is 0.974. The molecule has 0 unspecified atom stereocenters. The number of hydrogen-bond acceptors (Lipinski definition) is 5. The Morgan fingerprint density at radius 3 is 2.57 bits per heavy atom. The highest BCUT2D eigenvalue weighted by Crippen LogP contribution is 2.24. The standard InChI is InChI=1S/C16H20N4O/c1-11(2)21-14-7-5-12(6-8-14)18-15-9-10-17-16(20-15)19-13-3-4-13/h5-11,13H,3-4H2,1-2H3,(H2,17,18,19,20). The molecule has 0 saturated heterocycles. The van der Waals surface area contributed by atoms with E-state index in [1.165, 1.54) is 12.8 Å². The highest BCUT2D eigenvalue weighted by atomic mass is 16.5. The molecule has 1 saturated carbocycles. The Kier molecular flexibility index (Phi) is 3.90. The van der Waals surface area contributed by atoms with Crippen LogP contribution < -0.4 is 15.4 Å². The first-order valence-corrected chi connectivity index (χ1v) is 7.32. The third-order valence-electron chi connectivity index (χ3n) is 3.06. The number of aromatic nitrogens is 2. The molecule has 0 bridgehead atoms. The maximum absolute atomic E-state index is 5.63. The molecule has 0 atom stereocenters. The fraction of sp³-hybridized carbons (Fsp3) is 0.375. The van der Waals surface area contributed by atoms with E-state index in [2.05, 4.69) is 20.6 Å². The third-order valence-corrected chi connectivity index (χ3v) is 3.06. The van der Waals surface area contributed by atoms with Crippen molar-refractivity contribution in [2.24, 2.45) is 0 Å². The first kappa shape index (κ1) is 13.7. The highest BCUT2D eigenvalue weighted by Gasteiger charge is 2.21. The number of benzene rings is 1. The van der Waals surface area contributed by atoms with E-state index < -0.39 is 0 Å². The van der Waals surface area contributed by atoms with E-state index in [1.54, 1.807) is 6.20 Å². The zero-order valence-corrected chi connectivity index (χ0v) is 12.3. The lowest BCUT2D eigenvalue weighted by atomic mass is 10.3. The largest absolute Gasteiger partial charge is 0.491 e. The van der Waals surface area contributed by atoms with Gasteiger partial charge in [0.15, 0.2) is 0 Å². The monoisotopic (exact) mass is 284 g/mol. The van der Waals surface area contributed by atoms with Gasteiger partial charge in [0.1, 0.15) is 11.6 Å². The lowest BCUT2D eigenvalue weighted by Crippen LogP contribution is -2.06. The van der Waals surface area contributed by atoms with Crippen LogP contribution in [-0.2, 0) is 0 Å². The molecule has 0 aliphatic heterocycles. The van der Waals surface area contributed by atoms with Crippen molar-refractivity contribution in [3.05, 3.63) is 36.5 Å². The second-order valence-corrected chi connectivity index (χ2v) is 5.50. The number of nitrogens with one attached hydrogen (secondary N) is 2. The van der Waals surface area contributed by atoms with E-state index in [4.69, 9.17) is 4.74 Å². The van der Waals surface area contributed by atoms with Crippen LogP contribution in [0.25, 0.3) is 0 Å². The molecule has 2 aromatic rings. The van der Waals surface area contributed by atoms with E-state index in [1.807, 2.05) is 44.2 Å². The van der Waals surface area contributed by atoms with Gasteiger partial charge in [0.2, 0.25) is 5.95 Å². The average molecular weight is 284 g/mol. The SMILES string of the molecule is CC(C)Oc1ccc(Nc2ccnc(NC3CC3)n2)cc1. The first-order chi connectivity index (χ1) is 10.2. The number of hydrogen-bond donors (Lipinski definition) is 2. The summed E-state index contributed by atoms with van der Waals surface area (Å²) in [5.74, 6) is 2.34. The van der Waals surface area contributed by atoms with Gasteiger partial charge in [0.05, 0.1) is 6.10 Å². The predicted octanol–water partition coefficient (Wildman–Crippen LogP) is 3.58. The summed E-state index contributed by atoms with van der Waals surface area (Å²) >= 11 is 0. The van der Waals surface area contributed by atoms with Crippen LogP contribution >= 0.6 is 0 Å². The minimum atomic E-state index is 0.182. The molecule has 110 valence electrons. The minimum absolute atomic E-state index is 0.182. The Morgan fingerprint density at radius 1 is 1.14 bits per heavy atom. The Morgan fingerprint density at radius 2 is 1.90 bits per heavy atom. The van der Waals surface area contributed by atoms with Crippen LogP contribution in [0.5, 0.6) is 5.75 Å². The average Bonchev–Trinajstić information content (AvgIpc) is 3.25. The number of rotatable bonds is 6. The fourth-order valence-corrected chi connectivity index (χ4v) is 1.94. The number of anilines is 3. The van der Waals surface area contributed by atoms with Gasteiger partial charge in [-0.2, -0.15) is 4.98 Å². The Hall–Kier alpha value is -2.30. The third kappa shape index (κ3) is 4.08. The van der Waals surface area contributed by atoms with E-state index in [-0.39, 0.29) is 6.10 Å². The van der Waals surface area contributed by atoms with Gasteiger partial charge in [0.25, 0.3) is 0 Å². The summed E-state index contributed by atoms with van der Waals surface area (Å²) in [6.45, 7) is 4.03. The molecular weight excluding hydrogens is 264 g/mol. The Bertz CT molecular complexity index is 593. The molecule has 1 aliphatic carbocycles. The zero-order valence-electron chi connectivity index (χ0n) is 12.3. The Labute approximate surface area is 124 Å². The molecule has 1 fully saturated rings. The van der Waals surface area contributed by atoms with E-state index in [0.29, 0.717) is 12.0 Å². The number of nitrogens with zero attached hydrogens (tertiary/aromatic N) is 2. The zero-order chi connectivity index (χ0) is 14.7. The first-order valence-electron chi connectivity index (χ1n) is 7.32. The topological polar surface area (TPSA) is 59.1 Å². The van der Waals surface area contributed by atoms with Gasteiger partial charge in [-0.1, -0.05) is 0 Å². The molecule has 1 aliphatic rings. The fourth-order valence-electron chi connectivity index (χ4n) is 1.94. The van der Waals surface area contributed by atoms with Crippen LogP contribution in [0, 0.1) is 0 Å². The molecule has 1 heterocycles. The van der Waals surface area contributed by atoms with Gasteiger partial charge in [-0.15, -0.1) is 0 Å². The van der Waals surface area contributed by atoms with Crippen molar-refractivity contribution in [2.75, 3.05) is 10.6 Å². The van der Waals surface area contributed by atoms with Gasteiger partial charge in [-0.3, -0.25) is 0 Å². The quantitative estimate of drug-likeness (QED) is 0.849. The van der Waals surface area contributed by atoms with Gasteiger partial charge in [-0.05, 0) is 57.0 Å². The Balaban J connectivity index is 1.65. The maximum Gasteiger partial charge on any atom is 0.224 e. The lowest BCUT2D eigenvalue weighted by Gasteiger charge is -2.11. The second-order valence-electron chi connectivity index (χ2n) is 5.50. The van der Waals surface area contributed by atoms with Crippen LogP contribution in [0.3, 0.4) is 0 Å². The van der Waals surface area contributed by atoms with Gasteiger partial charge in [0, 0.05) is 17.9 Å². The predicted molar refractivity (Wildman–Crippen MR) is 84.2 cm³/mol. The molecule has 0 radical (unpaired) electrons. The van der Waals surface area contributed by atoms with Crippen molar-refractivity contribution in [2.45, 2.75) is 38.8 Å².